The maximum absolute atomic E-state index is 14.2. The highest BCUT2D eigenvalue weighted by molar-refractivity contribution is 9.10. The maximum atomic E-state index is 14.2. The number of amides is 3. The molecule has 5 rings (SSSR count). The van der Waals surface area contributed by atoms with Crippen LogP contribution in [0.1, 0.15) is 17.5 Å². The summed E-state index contributed by atoms with van der Waals surface area (Å²) in [7, 11) is 0. The fourth-order valence-corrected chi connectivity index (χ4v) is 5.11. The van der Waals surface area contributed by atoms with Gasteiger partial charge in [0.1, 0.15) is 25.0 Å². The Morgan fingerprint density at radius 1 is 1.09 bits per heavy atom. The van der Waals surface area contributed by atoms with Crippen LogP contribution >= 0.6 is 15.9 Å². The van der Waals surface area contributed by atoms with Crippen LogP contribution in [0.3, 0.4) is 0 Å². The standard InChI is InChI=1S/C29H23BrF2N4O7/c30-18-10-16(31)11-19(32)26(18)35-29(41)42-14-21-27(39)36(13-23(37)33-20-12-24(38)43-28(20)40)22-9-5-4-8-17(22)25(34-21)15-6-2-1-3-7-15/h1-11,20-21,28,40H,12-14H2,(H,33,37)(H,35,41)/t20-,21+,28?/m0/s1. The van der Waals surface area contributed by atoms with E-state index < -0.39 is 67.0 Å². The van der Waals surface area contributed by atoms with Crippen molar-refractivity contribution in [2.45, 2.75) is 24.8 Å². The Bertz CT molecular complexity index is 1600. The van der Waals surface area contributed by atoms with Crippen LogP contribution in [0, 0.1) is 11.6 Å². The Balaban J connectivity index is 1.43. The molecule has 222 valence electrons. The first-order chi connectivity index (χ1) is 20.6. The second kappa shape index (κ2) is 12.7. The highest BCUT2D eigenvalue weighted by Gasteiger charge is 2.37. The van der Waals surface area contributed by atoms with Gasteiger partial charge in [0.25, 0.3) is 5.91 Å². The van der Waals surface area contributed by atoms with Crippen molar-refractivity contribution in [1.82, 2.24) is 5.32 Å². The van der Waals surface area contributed by atoms with E-state index in [0.717, 1.165) is 11.0 Å². The number of aliphatic imine (C=N–C) groups is 1. The fraction of sp³-hybridized carbons (Fsp3) is 0.207. The number of fused-ring (bicyclic) bond motifs is 1. The molecule has 0 aromatic heterocycles. The van der Waals surface area contributed by atoms with Crippen LogP contribution < -0.4 is 15.5 Å². The van der Waals surface area contributed by atoms with Crippen LogP contribution in [-0.2, 0) is 23.9 Å². The number of hydrogen-bond acceptors (Lipinski definition) is 8. The molecule has 14 heteroatoms. The van der Waals surface area contributed by atoms with Gasteiger partial charge in [0.2, 0.25) is 12.2 Å². The number of ether oxygens (including phenoxy) is 2. The Kier molecular flexibility index (Phi) is 8.78. The van der Waals surface area contributed by atoms with Crippen molar-refractivity contribution < 1.29 is 42.5 Å². The third-order valence-corrected chi connectivity index (χ3v) is 7.20. The summed E-state index contributed by atoms with van der Waals surface area (Å²) in [5, 5.41) is 14.6. The van der Waals surface area contributed by atoms with Gasteiger partial charge >= 0.3 is 12.1 Å². The van der Waals surface area contributed by atoms with Gasteiger partial charge < -0.3 is 24.8 Å². The molecule has 0 radical (unpaired) electrons. The Morgan fingerprint density at radius 2 is 1.81 bits per heavy atom. The molecule has 1 saturated heterocycles. The highest BCUT2D eigenvalue weighted by atomic mass is 79.9. The number of aliphatic hydroxyl groups is 1. The minimum Gasteiger partial charge on any atom is -0.446 e. The van der Waals surface area contributed by atoms with E-state index in [-0.39, 0.29) is 16.6 Å². The van der Waals surface area contributed by atoms with Crippen LogP contribution in [0.4, 0.5) is 25.0 Å². The smallest absolute Gasteiger partial charge is 0.411 e. The lowest BCUT2D eigenvalue weighted by atomic mass is 10.0. The number of benzene rings is 3. The zero-order valence-corrected chi connectivity index (χ0v) is 23.7. The van der Waals surface area contributed by atoms with Gasteiger partial charge in [-0.05, 0) is 28.1 Å². The maximum Gasteiger partial charge on any atom is 0.411 e. The monoisotopic (exact) mass is 656 g/mol. The largest absolute Gasteiger partial charge is 0.446 e. The van der Waals surface area contributed by atoms with Gasteiger partial charge in [0.15, 0.2) is 11.9 Å². The minimum atomic E-state index is -1.53. The van der Waals surface area contributed by atoms with E-state index in [4.69, 9.17) is 4.74 Å². The molecular weight excluding hydrogens is 634 g/mol. The van der Waals surface area contributed by atoms with Gasteiger partial charge in [0.05, 0.1) is 23.5 Å². The summed E-state index contributed by atoms with van der Waals surface area (Å²) in [6.45, 7) is -1.13. The second-order valence-electron chi connectivity index (χ2n) is 9.53. The summed E-state index contributed by atoms with van der Waals surface area (Å²) >= 11 is 2.98. The molecule has 3 amide bonds. The number of benzodiazepines with no additional fused rings is 1. The van der Waals surface area contributed by atoms with Crippen LogP contribution in [0.2, 0.25) is 0 Å². The zero-order chi connectivity index (χ0) is 30.7. The van der Waals surface area contributed by atoms with Crippen molar-refractivity contribution in [3.05, 3.63) is 94.0 Å². The van der Waals surface area contributed by atoms with E-state index in [1.807, 2.05) is 0 Å². The quantitative estimate of drug-likeness (QED) is 0.331. The third-order valence-electron chi connectivity index (χ3n) is 6.57. The molecular formula is C29H23BrF2N4O7. The van der Waals surface area contributed by atoms with Crippen LogP contribution in [-0.4, -0.2) is 66.2 Å². The van der Waals surface area contributed by atoms with Crippen LogP contribution in [0.5, 0.6) is 0 Å². The number of cyclic esters (lactones) is 1. The number of anilines is 2. The number of halogens is 3. The molecule has 1 unspecified atom stereocenters. The third kappa shape index (κ3) is 6.70. The van der Waals surface area contributed by atoms with Crippen LogP contribution in [0.25, 0.3) is 0 Å². The average molecular weight is 657 g/mol. The molecule has 0 saturated carbocycles. The van der Waals surface area contributed by atoms with E-state index in [1.165, 1.54) is 0 Å². The van der Waals surface area contributed by atoms with Gasteiger partial charge in [-0.15, -0.1) is 0 Å². The van der Waals surface area contributed by atoms with Crippen molar-refractivity contribution in [1.29, 1.82) is 0 Å². The first-order valence-corrected chi connectivity index (χ1v) is 13.7. The first-order valence-electron chi connectivity index (χ1n) is 12.9. The number of carbonyl (C=O) groups is 4. The predicted octanol–water partition coefficient (Wildman–Crippen LogP) is 3.28. The average Bonchev–Trinajstić information content (AvgIpc) is 3.23. The molecule has 2 heterocycles. The second-order valence-corrected chi connectivity index (χ2v) is 10.4. The van der Waals surface area contributed by atoms with Crippen molar-refractivity contribution in [2.75, 3.05) is 23.4 Å². The Hall–Kier alpha value is -4.69. The molecule has 0 aliphatic carbocycles. The molecule has 11 nitrogen and oxygen atoms in total. The number of hydrogen-bond donors (Lipinski definition) is 3. The summed E-state index contributed by atoms with van der Waals surface area (Å²) in [5.74, 6) is -3.98. The lowest BCUT2D eigenvalue weighted by Gasteiger charge is -2.25. The molecule has 3 aromatic carbocycles. The molecule has 3 N–H and O–H groups in total. The van der Waals surface area contributed by atoms with E-state index in [0.29, 0.717) is 28.6 Å². The number of nitrogens with one attached hydrogen (secondary N) is 2. The molecule has 3 aromatic rings. The fourth-order valence-electron chi connectivity index (χ4n) is 4.60. The predicted molar refractivity (Wildman–Crippen MR) is 152 cm³/mol. The van der Waals surface area contributed by atoms with E-state index in [1.54, 1.807) is 54.6 Å². The van der Waals surface area contributed by atoms with Crippen LogP contribution in [0.15, 0.2) is 76.2 Å². The van der Waals surface area contributed by atoms with Gasteiger partial charge in [-0.25, -0.2) is 13.6 Å². The van der Waals surface area contributed by atoms with E-state index in [2.05, 4.69) is 36.3 Å². The summed E-state index contributed by atoms with van der Waals surface area (Å²) in [4.78, 5) is 56.8. The molecule has 1 fully saturated rings. The van der Waals surface area contributed by atoms with E-state index in [9.17, 15) is 33.1 Å². The molecule has 0 spiro atoms. The first kappa shape index (κ1) is 29.8. The van der Waals surface area contributed by atoms with E-state index >= 15 is 0 Å². The van der Waals surface area contributed by atoms with Gasteiger partial charge in [-0.3, -0.25) is 24.7 Å². The lowest BCUT2D eigenvalue weighted by molar-refractivity contribution is -0.155. The van der Waals surface area contributed by atoms with Crippen molar-refractivity contribution >= 4 is 56.9 Å². The summed E-state index contributed by atoms with van der Waals surface area (Å²) in [6.07, 6.45) is -2.90. The Labute approximate surface area is 251 Å². The van der Waals surface area contributed by atoms with Gasteiger partial charge in [-0.1, -0.05) is 48.5 Å². The van der Waals surface area contributed by atoms with Gasteiger partial charge in [-0.2, -0.15) is 0 Å². The molecule has 43 heavy (non-hydrogen) atoms. The van der Waals surface area contributed by atoms with Gasteiger partial charge in [0, 0.05) is 21.7 Å². The normalized spacial score (nSPS) is 19.6. The summed E-state index contributed by atoms with van der Waals surface area (Å²) in [6, 6.07) is 14.9. The number of carbonyl (C=O) groups excluding carboxylic acids is 4. The highest BCUT2D eigenvalue weighted by Crippen LogP contribution is 2.30. The number of para-hydroxylation sites is 1. The number of rotatable bonds is 7. The SMILES string of the molecule is O=C(CN1C(=O)[C@@H](COC(=O)Nc2c(F)cc(F)cc2Br)N=C(c2ccccc2)c2ccccc21)N[C@H]1CC(=O)OC1O. The Morgan fingerprint density at radius 3 is 2.51 bits per heavy atom. The minimum absolute atomic E-state index is 0.0657. The topological polar surface area (TPSA) is 147 Å². The molecule has 2 aliphatic heterocycles. The molecule has 0 bridgehead atoms. The van der Waals surface area contributed by atoms with Crippen molar-refractivity contribution in [3.8, 4) is 0 Å². The zero-order valence-electron chi connectivity index (χ0n) is 22.1. The number of aliphatic hydroxyl groups excluding tert-OH is 1. The number of nitrogens with zero attached hydrogens (tertiary/aromatic N) is 2. The van der Waals surface area contributed by atoms with Crippen molar-refractivity contribution in [3.63, 3.8) is 0 Å². The number of esters is 1. The molecule has 3 atom stereocenters. The lowest BCUT2D eigenvalue weighted by Crippen LogP contribution is -2.49. The van der Waals surface area contributed by atoms with Crippen molar-refractivity contribution in [2.24, 2.45) is 4.99 Å². The summed E-state index contributed by atoms with van der Waals surface area (Å²) in [5.41, 5.74) is 1.52. The molecule has 2 aliphatic rings. The summed E-state index contributed by atoms with van der Waals surface area (Å²) < 4.78 is 37.5.